The highest BCUT2D eigenvalue weighted by atomic mass is 16.4. The van der Waals surface area contributed by atoms with Gasteiger partial charge in [0.25, 0.3) is 5.91 Å². The molecule has 5 nitrogen and oxygen atoms in total. The molecule has 1 saturated heterocycles. The Bertz CT molecular complexity index is 663. The van der Waals surface area contributed by atoms with E-state index in [0.29, 0.717) is 18.7 Å². The number of carbonyl (C=O) groups excluding carboxylic acids is 1. The van der Waals surface area contributed by atoms with Crippen molar-refractivity contribution in [3.05, 3.63) is 42.1 Å². The number of hydrogen-bond acceptors (Lipinski definition) is 3. The van der Waals surface area contributed by atoms with Gasteiger partial charge in [0.2, 0.25) is 0 Å². The molecule has 0 atom stereocenters. The summed E-state index contributed by atoms with van der Waals surface area (Å²) in [5.41, 5.74) is 1.41. The molecule has 2 heterocycles. The van der Waals surface area contributed by atoms with Crippen LogP contribution in [0.3, 0.4) is 0 Å². The van der Waals surface area contributed by atoms with E-state index in [1.807, 2.05) is 12.1 Å². The zero-order valence-corrected chi connectivity index (χ0v) is 10.1. The van der Waals surface area contributed by atoms with Crippen LogP contribution in [-0.2, 0) is 4.79 Å². The minimum Gasteiger partial charge on any atom is -0.481 e. The number of carboxylic acids is 1. The zero-order valence-electron chi connectivity index (χ0n) is 10.1. The molecule has 1 aromatic carbocycles. The number of benzene rings is 1. The molecule has 1 aliphatic rings. The first-order chi connectivity index (χ1) is 9.15. The monoisotopic (exact) mass is 256 g/mol. The number of amides is 1. The van der Waals surface area contributed by atoms with Gasteiger partial charge in [0.1, 0.15) is 0 Å². The number of carboxylic acid groups (broad SMARTS) is 1. The fraction of sp³-hybridized carbons (Fsp3) is 0.214. The number of nitrogens with zero attached hydrogens (tertiary/aromatic N) is 2. The molecular formula is C14H12N2O3. The van der Waals surface area contributed by atoms with Gasteiger partial charge < -0.3 is 10.0 Å². The third-order valence-corrected chi connectivity index (χ3v) is 3.37. The molecule has 1 aliphatic heterocycles. The van der Waals surface area contributed by atoms with Crippen molar-refractivity contribution in [1.29, 1.82) is 0 Å². The van der Waals surface area contributed by atoms with Crippen LogP contribution in [0.25, 0.3) is 10.9 Å². The summed E-state index contributed by atoms with van der Waals surface area (Å²) in [6.45, 7) is 0.582. The second kappa shape index (κ2) is 4.35. The second-order valence-corrected chi connectivity index (χ2v) is 4.66. The Labute approximate surface area is 109 Å². The van der Waals surface area contributed by atoms with Gasteiger partial charge in [0, 0.05) is 30.2 Å². The third kappa shape index (κ3) is 2.03. The van der Waals surface area contributed by atoms with Crippen molar-refractivity contribution in [2.45, 2.75) is 0 Å². The van der Waals surface area contributed by atoms with E-state index in [9.17, 15) is 9.59 Å². The van der Waals surface area contributed by atoms with E-state index >= 15 is 0 Å². The molecule has 0 unspecified atom stereocenters. The number of fused-ring (bicyclic) bond motifs is 1. The maximum Gasteiger partial charge on any atom is 0.310 e. The lowest BCUT2D eigenvalue weighted by Gasteiger charge is -2.36. The van der Waals surface area contributed by atoms with Crippen LogP contribution in [0.2, 0.25) is 0 Å². The van der Waals surface area contributed by atoms with Crippen LogP contribution in [0.15, 0.2) is 36.5 Å². The quantitative estimate of drug-likeness (QED) is 0.881. The van der Waals surface area contributed by atoms with Gasteiger partial charge >= 0.3 is 5.97 Å². The minimum absolute atomic E-state index is 0.122. The van der Waals surface area contributed by atoms with E-state index in [-0.39, 0.29) is 5.91 Å². The number of hydrogen-bond donors (Lipinski definition) is 1. The fourth-order valence-corrected chi connectivity index (χ4v) is 2.19. The molecule has 1 amide bonds. The van der Waals surface area contributed by atoms with Crippen molar-refractivity contribution >= 4 is 22.8 Å². The van der Waals surface area contributed by atoms with Gasteiger partial charge in [0.15, 0.2) is 0 Å². The molecule has 1 aromatic heterocycles. The van der Waals surface area contributed by atoms with Gasteiger partial charge in [-0.1, -0.05) is 6.07 Å². The average molecular weight is 256 g/mol. The molecule has 1 fully saturated rings. The molecule has 5 heteroatoms. The summed E-state index contributed by atoms with van der Waals surface area (Å²) in [6, 6.07) is 9.04. The lowest BCUT2D eigenvalue weighted by molar-refractivity contribution is -0.146. The van der Waals surface area contributed by atoms with Gasteiger partial charge in [-0.2, -0.15) is 0 Å². The Hall–Kier alpha value is -2.43. The molecule has 0 saturated carbocycles. The Morgan fingerprint density at radius 2 is 2.05 bits per heavy atom. The lowest BCUT2D eigenvalue weighted by atomic mass is 9.99. The standard InChI is InChI=1S/C14H12N2O3/c17-13(16-7-11(8-16)14(18)19)10-3-4-12-9(6-10)2-1-5-15-12/h1-6,11H,7-8H2,(H,18,19). The molecule has 1 N–H and O–H groups in total. The van der Waals surface area contributed by atoms with E-state index in [2.05, 4.69) is 4.98 Å². The first-order valence-electron chi connectivity index (χ1n) is 6.02. The predicted octanol–water partition coefficient (Wildman–Crippen LogP) is 1.39. The highest BCUT2D eigenvalue weighted by Crippen LogP contribution is 2.21. The minimum atomic E-state index is -0.841. The molecule has 19 heavy (non-hydrogen) atoms. The van der Waals surface area contributed by atoms with Crippen LogP contribution in [0.1, 0.15) is 10.4 Å². The average Bonchev–Trinajstić information content (AvgIpc) is 2.35. The largest absolute Gasteiger partial charge is 0.481 e. The number of likely N-dealkylation sites (tertiary alicyclic amines) is 1. The third-order valence-electron chi connectivity index (χ3n) is 3.37. The summed E-state index contributed by atoms with van der Waals surface area (Å²) in [5, 5.41) is 9.70. The predicted molar refractivity (Wildman–Crippen MR) is 68.8 cm³/mol. The molecule has 0 spiro atoms. The van der Waals surface area contributed by atoms with Crippen molar-refractivity contribution in [3.63, 3.8) is 0 Å². The van der Waals surface area contributed by atoms with E-state index in [0.717, 1.165) is 10.9 Å². The van der Waals surface area contributed by atoms with Gasteiger partial charge in [0.05, 0.1) is 11.4 Å². The first-order valence-corrected chi connectivity index (χ1v) is 6.02. The normalized spacial score (nSPS) is 15.3. The van der Waals surface area contributed by atoms with Crippen LogP contribution in [0.4, 0.5) is 0 Å². The summed E-state index contributed by atoms with van der Waals surface area (Å²) >= 11 is 0. The van der Waals surface area contributed by atoms with Crippen molar-refractivity contribution in [1.82, 2.24) is 9.88 Å². The van der Waals surface area contributed by atoms with Crippen LogP contribution in [0, 0.1) is 5.92 Å². The Morgan fingerprint density at radius 3 is 2.79 bits per heavy atom. The van der Waals surface area contributed by atoms with E-state index < -0.39 is 11.9 Å². The molecule has 3 rings (SSSR count). The molecular weight excluding hydrogens is 244 g/mol. The summed E-state index contributed by atoms with van der Waals surface area (Å²) < 4.78 is 0. The number of carbonyl (C=O) groups is 2. The Morgan fingerprint density at radius 1 is 1.26 bits per heavy atom. The van der Waals surface area contributed by atoms with Crippen LogP contribution >= 0.6 is 0 Å². The molecule has 0 radical (unpaired) electrons. The topological polar surface area (TPSA) is 70.5 Å². The fourth-order valence-electron chi connectivity index (χ4n) is 2.19. The molecule has 0 bridgehead atoms. The maximum absolute atomic E-state index is 12.2. The summed E-state index contributed by atoms with van der Waals surface area (Å²) in [7, 11) is 0. The molecule has 96 valence electrons. The van der Waals surface area contributed by atoms with Gasteiger partial charge in [-0.3, -0.25) is 14.6 Å². The smallest absolute Gasteiger partial charge is 0.310 e. The summed E-state index contributed by atoms with van der Waals surface area (Å²) in [4.78, 5) is 28.6. The van der Waals surface area contributed by atoms with E-state index in [1.54, 1.807) is 29.3 Å². The number of aromatic nitrogens is 1. The van der Waals surface area contributed by atoms with Crippen molar-refractivity contribution in [2.75, 3.05) is 13.1 Å². The number of pyridine rings is 1. The zero-order chi connectivity index (χ0) is 13.4. The summed E-state index contributed by atoms with van der Waals surface area (Å²) in [6.07, 6.45) is 1.71. The molecule has 0 aliphatic carbocycles. The maximum atomic E-state index is 12.2. The van der Waals surface area contributed by atoms with Crippen LogP contribution in [0.5, 0.6) is 0 Å². The van der Waals surface area contributed by atoms with Gasteiger partial charge in [-0.15, -0.1) is 0 Å². The second-order valence-electron chi connectivity index (χ2n) is 4.66. The van der Waals surface area contributed by atoms with Crippen LogP contribution in [-0.4, -0.2) is 40.0 Å². The Kier molecular flexibility index (Phi) is 2.67. The highest BCUT2D eigenvalue weighted by Gasteiger charge is 2.35. The van der Waals surface area contributed by atoms with Crippen molar-refractivity contribution in [3.8, 4) is 0 Å². The number of rotatable bonds is 2. The van der Waals surface area contributed by atoms with Crippen molar-refractivity contribution < 1.29 is 14.7 Å². The molecule has 2 aromatic rings. The van der Waals surface area contributed by atoms with Gasteiger partial charge in [-0.05, 0) is 24.3 Å². The summed E-state index contributed by atoms with van der Waals surface area (Å²) in [5.74, 6) is -1.39. The highest BCUT2D eigenvalue weighted by molar-refractivity contribution is 5.98. The van der Waals surface area contributed by atoms with E-state index in [1.165, 1.54) is 0 Å². The SMILES string of the molecule is O=C(O)C1CN(C(=O)c2ccc3ncccc3c2)C1. The van der Waals surface area contributed by atoms with Crippen molar-refractivity contribution in [2.24, 2.45) is 5.92 Å². The van der Waals surface area contributed by atoms with Crippen LogP contribution < -0.4 is 0 Å². The first kappa shape index (κ1) is 11.6. The Balaban J connectivity index is 1.81. The van der Waals surface area contributed by atoms with Gasteiger partial charge in [-0.25, -0.2) is 0 Å². The van der Waals surface area contributed by atoms with E-state index in [4.69, 9.17) is 5.11 Å². The number of aliphatic carboxylic acids is 1. The lowest BCUT2D eigenvalue weighted by Crippen LogP contribution is -2.53.